The maximum Gasteiger partial charge on any atom is 0.319 e. The van der Waals surface area contributed by atoms with Gasteiger partial charge in [0.2, 0.25) is 5.91 Å². The number of carbonyl (C=O) groups is 2. The van der Waals surface area contributed by atoms with Gasteiger partial charge in [-0.15, -0.1) is 12.8 Å². The molecule has 1 aliphatic carbocycles. The molecule has 0 radical (unpaired) electrons. The Morgan fingerprint density at radius 2 is 1.57 bits per heavy atom. The predicted octanol–water partition coefficient (Wildman–Crippen LogP) is 0.961. The third-order valence-corrected chi connectivity index (χ3v) is 3.53. The van der Waals surface area contributed by atoms with Crippen molar-refractivity contribution in [1.82, 2.24) is 15.5 Å². The molecule has 0 aromatic rings. The normalized spacial score (nSPS) is 14.6. The Kier molecular flexibility index (Phi) is 7.82. The Bertz CT molecular complexity index is 412. The second kappa shape index (κ2) is 9.72. The van der Waals surface area contributed by atoms with Crippen LogP contribution in [0.5, 0.6) is 0 Å². The van der Waals surface area contributed by atoms with Crippen molar-refractivity contribution in [2.45, 2.75) is 32.1 Å². The van der Waals surface area contributed by atoms with E-state index in [0.29, 0.717) is 13.1 Å². The van der Waals surface area contributed by atoms with Gasteiger partial charge in [0.15, 0.2) is 0 Å². The molecule has 0 spiro atoms. The average molecular weight is 289 g/mol. The summed E-state index contributed by atoms with van der Waals surface area (Å²) < 4.78 is 0. The number of hydrogen-bond donors (Lipinski definition) is 2. The highest BCUT2D eigenvalue weighted by molar-refractivity contribution is 5.79. The number of nitrogens with one attached hydrogen (secondary N) is 2. The van der Waals surface area contributed by atoms with Crippen LogP contribution in [0, 0.1) is 30.6 Å². The van der Waals surface area contributed by atoms with Gasteiger partial charge in [0.1, 0.15) is 0 Å². The van der Waals surface area contributed by atoms with Crippen molar-refractivity contribution in [3.63, 3.8) is 0 Å². The summed E-state index contributed by atoms with van der Waals surface area (Å²) in [5.41, 5.74) is 0. The van der Waals surface area contributed by atoms with Gasteiger partial charge in [-0.2, -0.15) is 0 Å². The van der Waals surface area contributed by atoms with E-state index in [4.69, 9.17) is 12.8 Å². The lowest BCUT2D eigenvalue weighted by Crippen LogP contribution is -2.44. The quantitative estimate of drug-likeness (QED) is 0.565. The standard InChI is InChI=1S/C16H23N3O2/c1-3-12-19(13-4-2)16(21)18-11-10-17-15(20)14-8-6-5-7-9-14/h1-2,14H,5-13H2,(H,17,20)(H,18,21). The van der Waals surface area contributed by atoms with Crippen molar-refractivity contribution in [2.24, 2.45) is 5.92 Å². The minimum absolute atomic E-state index is 0.0908. The molecular formula is C16H23N3O2. The second-order valence-electron chi connectivity index (χ2n) is 5.12. The van der Waals surface area contributed by atoms with Gasteiger partial charge < -0.3 is 15.5 Å². The van der Waals surface area contributed by atoms with Gasteiger partial charge >= 0.3 is 6.03 Å². The number of terminal acetylenes is 2. The fraction of sp³-hybridized carbons (Fsp3) is 0.625. The lowest BCUT2D eigenvalue weighted by Gasteiger charge is -2.21. The summed E-state index contributed by atoms with van der Waals surface area (Å²) in [7, 11) is 0. The van der Waals surface area contributed by atoms with E-state index in [1.165, 1.54) is 11.3 Å². The molecule has 1 rings (SSSR count). The maximum absolute atomic E-state index is 11.9. The molecule has 0 aromatic heterocycles. The molecule has 21 heavy (non-hydrogen) atoms. The van der Waals surface area contributed by atoms with Crippen LogP contribution in [0.4, 0.5) is 4.79 Å². The molecule has 0 bridgehead atoms. The summed E-state index contributed by atoms with van der Waals surface area (Å²) in [6.45, 7) is 1.12. The van der Waals surface area contributed by atoms with Gasteiger partial charge in [0.05, 0.1) is 13.1 Å². The highest BCUT2D eigenvalue weighted by Gasteiger charge is 2.20. The Morgan fingerprint density at radius 3 is 2.14 bits per heavy atom. The smallest absolute Gasteiger partial charge is 0.319 e. The number of rotatable bonds is 6. The molecule has 114 valence electrons. The topological polar surface area (TPSA) is 61.4 Å². The van der Waals surface area contributed by atoms with Crippen molar-refractivity contribution >= 4 is 11.9 Å². The molecule has 0 unspecified atom stereocenters. The summed E-state index contributed by atoms with van der Waals surface area (Å²) >= 11 is 0. The summed E-state index contributed by atoms with van der Waals surface area (Å²) in [4.78, 5) is 25.0. The second-order valence-corrected chi connectivity index (χ2v) is 5.12. The molecule has 0 saturated heterocycles. The van der Waals surface area contributed by atoms with E-state index >= 15 is 0 Å². The Hall–Kier alpha value is -2.14. The van der Waals surface area contributed by atoms with E-state index in [-0.39, 0.29) is 30.9 Å². The van der Waals surface area contributed by atoms with E-state index in [1.54, 1.807) is 0 Å². The molecule has 0 aromatic carbocycles. The summed E-state index contributed by atoms with van der Waals surface area (Å²) in [6.07, 6.45) is 15.8. The molecule has 0 heterocycles. The van der Waals surface area contributed by atoms with E-state index in [9.17, 15) is 9.59 Å². The Morgan fingerprint density at radius 1 is 1.00 bits per heavy atom. The largest absolute Gasteiger partial charge is 0.354 e. The zero-order valence-corrected chi connectivity index (χ0v) is 12.4. The highest BCUT2D eigenvalue weighted by atomic mass is 16.2. The first-order valence-electron chi connectivity index (χ1n) is 7.36. The van der Waals surface area contributed by atoms with Crippen LogP contribution in [0.3, 0.4) is 0 Å². The predicted molar refractivity (Wildman–Crippen MR) is 82.2 cm³/mol. The van der Waals surface area contributed by atoms with Crippen LogP contribution in [0.1, 0.15) is 32.1 Å². The number of hydrogen-bond acceptors (Lipinski definition) is 2. The fourth-order valence-corrected chi connectivity index (χ4v) is 2.40. The molecule has 0 atom stereocenters. The van der Waals surface area contributed by atoms with Crippen LogP contribution in [0.15, 0.2) is 0 Å². The van der Waals surface area contributed by atoms with E-state index in [1.807, 2.05) is 0 Å². The van der Waals surface area contributed by atoms with E-state index < -0.39 is 0 Å². The van der Waals surface area contributed by atoms with Crippen LogP contribution in [-0.4, -0.2) is 43.0 Å². The number of nitrogens with zero attached hydrogens (tertiary/aromatic N) is 1. The number of carbonyl (C=O) groups excluding carboxylic acids is 2. The van der Waals surface area contributed by atoms with Gasteiger partial charge in [-0.1, -0.05) is 31.1 Å². The monoisotopic (exact) mass is 289 g/mol. The first-order valence-corrected chi connectivity index (χ1v) is 7.36. The van der Waals surface area contributed by atoms with Gasteiger partial charge in [-0.05, 0) is 12.8 Å². The molecule has 5 heteroatoms. The minimum Gasteiger partial charge on any atom is -0.354 e. The number of urea groups is 1. The molecule has 5 nitrogen and oxygen atoms in total. The van der Waals surface area contributed by atoms with E-state index in [2.05, 4.69) is 22.5 Å². The average Bonchev–Trinajstić information content (AvgIpc) is 2.51. The van der Waals surface area contributed by atoms with Crippen molar-refractivity contribution in [1.29, 1.82) is 0 Å². The molecule has 1 saturated carbocycles. The Balaban J connectivity index is 2.20. The van der Waals surface area contributed by atoms with Crippen molar-refractivity contribution < 1.29 is 9.59 Å². The van der Waals surface area contributed by atoms with Crippen LogP contribution >= 0.6 is 0 Å². The van der Waals surface area contributed by atoms with E-state index in [0.717, 1.165) is 25.7 Å². The summed E-state index contributed by atoms with van der Waals surface area (Å²) in [5.74, 6) is 4.99. The molecule has 0 aliphatic heterocycles. The van der Waals surface area contributed by atoms with Crippen LogP contribution in [-0.2, 0) is 4.79 Å². The van der Waals surface area contributed by atoms with Crippen LogP contribution < -0.4 is 10.6 Å². The Labute approximate surface area is 126 Å². The van der Waals surface area contributed by atoms with Crippen molar-refractivity contribution in [2.75, 3.05) is 26.2 Å². The third kappa shape index (κ3) is 6.23. The van der Waals surface area contributed by atoms with Crippen LogP contribution in [0.2, 0.25) is 0 Å². The molecule has 3 amide bonds. The molecule has 2 N–H and O–H groups in total. The summed E-state index contributed by atoms with van der Waals surface area (Å²) in [6, 6.07) is -0.308. The third-order valence-electron chi connectivity index (χ3n) is 3.53. The lowest BCUT2D eigenvalue weighted by atomic mass is 9.89. The molecule has 1 fully saturated rings. The first-order chi connectivity index (χ1) is 10.2. The van der Waals surface area contributed by atoms with Gasteiger partial charge in [0.25, 0.3) is 0 Å². The minimum atomic E-state index is -0.308. The van der Waals surface area contributed by atoms with Gasteiger partial charge in [0, 0.05) is 19.0 Å². The number of amides is 3. The van der Waals surface area contributed by atoms with Crippen molar-refractivity contribution in [3.8, 4) is 24.7 Å². The zero-order valence-electron chi connectivity index (χ0n) is 12.4. The van der Waals surface area contributed by atoms with Crippen molar-refractivity contribution in [3.05, 3.63) is 0 Å². The summed E-state index contributed by atoms with van der Waals surface area (Å²) in [5, 5.41) is 5.55. The van der Waals surface area contributed by atoms with Gasteiger partial charge in [-0.25, -0.2) is 4.79 Å². The fourth-order valence-electron chi connectivity index (χ4n) is 2.40. The lowest BCUT2D eigenvalue weighted by molar-refractivity contribution is -0.125. The first kappa shape index (κ1) is 16.9. The highest BCUT2D eigenvalue weighted by Crippen LogP contribution is 2.23. The SMILES string of the molecule is C#CCN(CC#C)C(=O)NCCNC(=O)C1CCCCC1. The molecule has 1 aliphatic rings. The zero-order chi connectivity index (χ0) is 15.5. The molecular weight excluding hydrogens is 266 g/mol. The maximum atomic E-state index is 11.9. The van der Waals surface area contributed by atoms with Crippen LogP contribution in [0.25, 0.3) is 0 Å². The van der Waals surface area contributed by atoms with Gasteiger partial charge in [-0.3, -0.25) is 4.79 Å².